The number of benzene rings is 2. The summed E-state index contributed by atoms with van der Waals surface area (Å²) in [4.78, 5) is 18.6. The molecule has 0 saturated carbocycles. The predicted molar refractivity (Wildman–Crippen MR) is 109 cm³/mol. The number of halogens is 1. The van der Waals surface area contributed by atoms with Gasteiger partial charge in [-0.2, -0.15) is 4.98 Å². The van der Waals surface area contributed by atoms with Gasteiger partial charge in [-0.05, 0) is 55.3 Å². The fourth-order valence-corrected chi connectivity index (χ4v) is 3.82. The maximum absolute atomic E-state index is 13.3. The maximum atomic E-state index is 13.3. The minimum absolute atomic E-state index is 0.0892. The predicted octanol–water partition coefficient (Wildman–Crippen LogP) is 3.67. The Bertz CT molecular complexity index is 1060. The number of carbonyl (C=O) groups excluding carboxylic acids is 1. The Labute approximate surface area is 178 Å². The van der Waals surface area contributed by atoms with E-state index in [0.717, 1.165) is 31.6 Å². The summed E-state index contributed by atoms with van der Waals surface area (Å²) in [6.07, 6.45) is 1.71. The standard InChI is InChI=1S/C23H22FN3O4/c24-18-3-1-2-17(12-18)23(28)27-13-20(14-27)30-19-6-4-15(5-7-19)21-25-22(31-26-21)16-8-10-29-11-9-16/h1-7,12,16,20H,8-11,13-14H2. The van der Waals surface area contributed by atoms with Crippen LogP contribution in [0.25, 0.3) is 11.4 Å². The first-order valence-electron chi connectivity index (χ1n) is 10.4. The van der Waals surface area contributed by atoms with Crippen LogP contribution in [-0.4, -0.2) is 53.4 Å². The lowest BCUT2D eigenvalue weighted by molar-refractivity contribution is 0.0177. The molecule has 1 aromatic heterocycles. The Morgan fingerprint density at radius 1 is 1.10 bits per heavy atom. The van der Waals surface area contributed by atoms with Crippen LogP contribution in [0.3, 0.4) is 0 Å². The molecule has 0 unspecified atom stereocenters. The Morgan fingerprint density at radius 2 is 1.87 bits per heavy atom. The number of aromatic nitrogens is 2. The second-order valence-corrected chi connectivity index (χ2v) is 7.83. The molecule has 2 fully saturated rings. The smallest absolute Gasteiger partial charge is 0.254 e. The molecule has 2 aromatic carbocycles. The Hall–Kier alpha value is -3.26. The van der Waals surface area contributed by atoms with Gasteiger partial charge in [0.1, 0.15) is 17.7 Å². The molecule has 5 rings (SSSR count). The summed E-state index contributed by atoms with van der Waals surface area (Å²) in [5.74, 6) is 1.58. The van der Waals surface area contributed by atoms with Crippen molar-refractivity contribution in [3.8, 4) is 17.1 Å². The van der Waals surface area contributed by atoms with Gasteiger partial charge in [0.2, 0.25) is 11.7 Å². The Kier molecular flexibility index (Phi) is 5.38. The van der Waals surface area contributed by atoms with Crippen molar-refractivity contribution in [1.29, 1.82) is 0 Å². The van der Waals surface area contributed by atoms with Gasteiger partial charge in [-0.25, -0.2) is 4.39 Å². The molecule has 2 aliphatic rings. The zero-order valence-corrected chi connectivity index (χ0v) is 16.9. The summed E-state index contributed by atoms with van der Waals surface area (Å²) in [5, 5.41) is 4.11. The first kappa shape index (κ1) is 19.7. The van der Waals surface area contributed by atoms with Crippen LogP contribution in [0, 0.1) is 5.82 Å². The molecule has 0 N–H and O–H groups in total. The summed E-state index contributed by atoms with van der Waals surface area (Å²) < 4.78 is 30.1. The van der Waals surface area contributed by atoms with Crippen LogP contribution in [0.4, 0.5) is 4.39 Å². The number of hydrogen-bond donors (Lipinski definition) is 0. The minimum atomic E-state index is -0.416. The minimum Gasteiger partial charge on any atom is -0.487 e. The van der Waals surface area contributed by atoms with Gasteiger partial charge < -0.3 is 18.9 Å². The highest BCUT2D eigenvalue weighted by atomic mass is 19.1. The molecule has 3 aromatic rings. The molecule has 0 aliphatic carbocycles. The van der Waals surface area contributed by atoms with Gasteiger partial charge in [0.15, 0.2) is 0 Å². The fourth-order valence-electron chi connectivity index (χ4n) is 3.82. The number of nitrogens with zero attached hydrogens (tertiary/aromatic N) is 3. The quantitative estimate of drug-likeness (QED) is 0.623. The third-order valence-corrected chi connectivity index (χ3v) is 5.63. The van der Waals surface area contributed by atoms with E-state index in [9.17, 15) is 9.18 Å². The van der Waals surface area contributed by atoms with Gasteiger partial charge in [-0.1, -0.05) is 11.2 Å². The van der Waals surface area contributed by atoms with Crippen LogP contribution in [-0.2, 0) is 4.74 Å². The second-order valence-electron chi connectivity index (χ2n) is 7.83. The molecule has 0 radical (unpaired) electrons. The van der Waals surface area contributed by atoms with E-state index in [2.05, 4.69) is 10.1 Å². The SMILES string of the molecule is O=C(c1cccc(F)c1)N1CC(Oc2ccc(-c3noc(C4CCOCC4)n3)cc2)C1. The van der Waals surface area contributed by atoms with Crippen LogP contribution >= 0.6 is 0 Å². The molecule has 31 heavy (non-hydrogen) atoms. The average Bonchev–Trinajstić information content (AvgIpc) is 3.27. The number of carbonyl (C=O) groups is 1. The highest BCUT2D eigenvalue weighted by Gasteiger charge is 2.33. The Morgan fingerprint density at radius 3 is 2.61 bits per heavy atom. The lowest BCUT2D eigenvalue weighted by Gasteiger charge is -2.39. The first-order chi connectivity index (χ1) is 15.2. The van der Waals surface area contributed by atoms with E-state index in [0.29, 0.717) is 36.1 Å². The lowest BCUT2D eigenvalue weighted by Crippen LogP contribution is -2.56. The van der Waals surface area contributed by atoms with Crippen molar-refractivity contribution in [3.63, 3.8) is 0 Å². The van der Waals surface area contributed by atoms with Crippen molar-refractivity contribution in [3.05, 3.63) is 65.8 Å². The average molecular weight is 423 g/mol. The van der Waals surface area contributed by atoms with Crippen molar-refractivity contribution < 1.29 is 23.2 Å². The third-order valence-electron chi connectivity index (χ3n) is 5.63. The number of ether oxygens (including phenoxy) is 2. The molecule has 7 nitrogen and oxygen atoms in total. The normalized spacial score (nSPS) is 17.4. The molecule has 1 amide bonds. The van der Waals surface area contributed by atoms with Gasteiger partial charge in [0.25, 0.3) is 5.91 Å². The summed E-state index contributed by atoms with van der Waals surface area (Å²) in [7, 11) is 0. The molecular weight excluding hydrogens is 401 g/mol. The van der Waals surface area contributed by atoms with E-state index in [1.807, 2.05) is 24.3 Å². The van der Waals surface area contributed by atoms with Crippen LogP contribution in [0.5, 0.6) is 5.75 Å². The van der Waals surface area contributed by atoms with Crippen molar-refractivity contribution in [2.24, 2.45) is 0 Å². The number of amides is 1. The topological polar surface area (TPSA) is 77.7 Å². The third kappa shape index (κ3) is 4.29. The first-order valence-corrected chi connectivity index (χ1v) is 10.4. The summed E-state index contributed by atoms with van der Waals surface area (Å²) in [6, 6.07) is 13.2. The van der Waals surface area contributed by atoms with Crippen LogP contribution < -0.4 is 4.74 Å². The van der Waals surface area contributed by atoms with Crippen LogP contribution in [0.2, 0.25) is 0 Å². The van der Waals surface area contributed by atoms with E-state index in [1.54, 1.807) is 11.0 Å². The molecule has 0 spiro atoms. The molecule has 0 bridgehead atoms. The van der Waals surface area contributed by atoms with E-state index in [-0.39, 0.29) is 17.9 Å². The van der Waals surface area contributed by atoms with Crippen LogP contribution in [0.1, 0.15) is 35.0 Å². The number of likely N-dealkylation sites (tertiary alicyclic amines) is 1. The van der Waals surface area contributed by atoms with Crippen molar-refractivity contribution >= 4 is 5.91 Å². The molecule has 160 valence electrons. The lowest BCUT2D eigenvalue weighted by atomic mass is 10.0. The summed E-state index contributed by atoms with van der Waals surface area (Å²) in [5.41, 5.74) is 1.20. The molecule has 2 aliphatic heterocycles. The largest absolute Gasteiger partial charge is 0.487 e. The Balaban J connectivity index is 1.15. The van der Waals surface area contributed by atoms with Crippen molar-refractivity contribution in [1.82, 2.24) is 15.0 Å². The highest BCUT2D eigenvalue weighted by Crippen LogP contribution is 2.28. The molecule has 2 saturated heterocycles. The summed E-state index contributed by atoms with van der Waals surface area (Å²) >= 11 is 0. The number of rotatable bonds is 5. The van der Waals surface area contributed by atoms with E-state index in [4.69, 9.17) is 14.0 Å². The van der Waals surface area contributed by atoms with Crippen LogP contribution in [0.15, 0.2) is 53.1 Å². The summed E-state index contributed by atoms with van der Waals surface area (Å²) in [6.45, 7) is 2.38. The zero-order chi connectivity index (χ0) is 21.2. The van der Waals surface area contributed by atoms with Gasteiger partial charge in [0, 0.05) is 30.3 Å². The van der Waals surface area contributed by atoms with Gasteiger partial charge in [-0.15, -0.1) is 0 Å². The van der Waals surface area contributed by atoms with Crippen molar-refractivity contribution in [2.45, 2.75) is 24.9 Å². The van der Waals surface area contributed by atoms with E-state index in [1.165, 1.54) is 18.2 Å². The molecule has 3 heterocycles. The van der Waals surface area contributed by atoms with Gasteiger partial charge >= 0.3 is 0 Å². The van der Waals surface area contributed by atoms with Gasteiger partial charge in [0.05, 0.1) is 13.1 Å². The van der Waals surface area contributed by atoms with E-state index >= 15 is 0 Å². The molecule has 0 atom stereocenters. The van der Waals surface area contributed by atoms with E-state index < -0.39 is 5.82 Å². The molecule has 8 heteroatoms. The fraction of sp³-hybridized carbons (Fsp3) is 0.348. The monoisotopic (exact) mass is 423 g/mol. The molecular formula is C23H22FN3O4. The zero-order valence-electron chi connectivity index (χ0n) is 16.9. The number of hydrogen-bond acceptors (Lipinski definition) is 6. The highest BCUT2D eigenvalue weighted by molar-refractivity contribution is 5.94. The second kappa shape index (κ2) is 8.47. The maximum Gasteiger partial charge on any atom is 0.254 e. The van der Waals surface area contributed by atoms with Gasteiger partial charge in [-0.3, -0.25) is 4.79 Å². The van der Waals surface area contributed by atoms with Crippen molar-refractivity contribution in [2.75, 3.05) is 26.3 Å².